The van der Waals surface area contributed by atoms with Crippen LogP contribution in [0.5, 0.6) is 0 Å². The van der Waals surface area contributed by atoms with Gasteiger partial charge in [0, 0.05) is 12.6 Å². The minimum Gasteiger partial charge on any atom is -0.329 e. The van der Waals surface area contributed by atoms with Crippen molar-refractivity contribution in [3.8, 4) is 0 Å². The highest BCUT2D eigenvalue weighted by atomic mass is 79.9. The monoisotopic (exact) mass is 268 g/mol. The molecule has 0 amide bonds. The van der Waals surface area contributed by atoms with Crippen molar-refractivity contribution in [2.24, 2.45) is 11.5 Å². The maximum Gasteiger partial charge on any atom is 0.137 e. The molecule has 0 aliphatic heterocycles. The summed E-state index contributed by atoms with van der Waals surface area (Å²) in [5, 5.41) is 0. The molecule has 0 saturated heterocycles. The van der Waals surface area contributed by atoms with Gasteiger partial charge in [0.1, 0.15) is 5.82 Å². The zero-order valence-corrected chi connectivity index (χ0v) is 9.24. The predicted molar refractivity (Wildman–Crippen MR) is 57.3 cm³/mol. The smallest absolute Gasteiger partial charge is 0.137 e. The number of halogens is 3. The van der Waals surface area contributed by atoms with E-state index in [4.69, 9.17) is 11.5 Å². The third-order valence-electron chi connectivity index (χ3n) is 1.63. The molecule has 2 nitrogen and oxygen atoms in total. The Balaban J connectivity index is 0.00000144. The van der Waals surface area contributed by atoms with Crippen LogP contribution in [-0.4, -0.2) is 6.54 Å². The molecule has 0 aliphatic carbocycles. The quantitative estimate of drug-likeness (QED) is 0.862. The molecule has 4 N–H and O–H groups in total. The van der Waals surface area contributed by atoms with E-state index >= 15 is 0 Å². The van der Waals surface area contributed by atoms with Gasteiger partial charge in [-0.3, -0.25) is 0 Å². The van der Waals surface area contributed by atoms with Crippen LogP contribution in [0.15, 0.2) is 22.7 Å². The minimum atomic E-state index is -0.289. The van der Waals surface area contributed by atoms with Crippen LogP contribution in [-0.2, 0) is 0 Å². The van der Waals surface area contributed by atoms with Gasteiger partial charge in [0.2, 0.25) is 0 Å². The minimum absolute atomic E-state index is 0. The fourth-order valence-electron chi connectivity index (χ4n) is 0.879. The molecule has 0 aliphatic rings. The van der Waals surface area contributed by atoms with Gasteiger partial charge < -0.3 is 11.5 Å². The van der Waals surface area contributed by atoms with Crippen LogP contribution < -0.4 is 11.5 Å². The summed E-state index contributed by atoms with van der Waals surface area (Å²) in [6.45, 7) is 0.359. The number of benzene rings is 1. The van der Waals surface area contributed by atoms with E-state index in [9.17, 15) is 4.39 Å². The van der Waals surface area contributed by atoms with Gasteiger partial charge in [-0.05, 0) is 33.6 Å². The number of rotatable bonds is 2. The molecule has 0 fully saturated rings. The lowest BCUT2D eigenvalue weighted by molar-refractivity contribution is 0.618. The lowest BCUT2D eigenvalue weighted by atomic mass is 10.1. The van der Waals surface area contributed by atoms with Crippen molar-refractivity contribution in [2.45, 2.75) is 6.04 Å². The summed E-state index contributed by atoms with van der Waals surface area (Å²) in [6.07, 6.45) is 0. The van der Waals surface area contributed by atoms with E-state index in [1.165, 1.54) is 6.07 Å². The average Bonchev–Trinajstić information content (AvgIpc) is 2.08. The van der Waals surface area contributed by atoms with E-state index in [2.05, 4.69) is 15.9 Å². The number of nitrogens with two attached hydrogens (primary N) is 2. The zero-order valence-electron chi connectivity index (χ0n) is 6.84. The Labute approximate surface area is 91.0 Å². The standard InChI is InChI=1S/C8H10BrFN2.ClH/c9-6-3-5(8(12)4-11)1-2-7(6)10;/h1-3,8H,4,11-12H2;1H/t8-;/m0./s1. The molecule has 0 saturated carbocycles. The molecular formula is C8H11BrClFN2. The summed E-state index contributed by atoms with van der Waals surface area (Å²) in [5.74, 6) is -0.289. The fraction of sp³-hybridized carbons (Fsp3) is 0.250. The predicted octanol–water partition coefficient (Wildman–Crippen LogP) is 1.97. The fourth-order valence-corrected chi connectivity index (χ4v) is 1.28. The van der Waals surface area contributed by atoms with E-state index in [0.717, 1.165) is 5.56 Å². The molecule has 0 heterocycles. The van der Waals surface area contributed by atoms with E-state index in [1.54, 1.807) is 12.1 Å². The molecule has 0 bridgehead atoms. The second-order valence-corrected chi connectivity index (χ2v) is 3.37. The molecule has 5 heteroatoms. The summed E-state index contributed by atoms with van der Waals surface area (Å²) in [6, 6.07) is 4.43. The topological polar surface area (TPSA) is 52.0 Å². The molecule has 0 radical (unpaired) electrons. The third kappa shape index (κ3) is 3.23. The first-order chi connectivity index (χ1) is 5.65. The Morgan fingerprint density at radius 1 is 1.46 bits per heavy atom. The van der Waals surface area contributed by atoms with Crippen LogP contribution in [0.2, 0.25) is 0 Å². The van der Waals surface area contributed by atoms with Crippen LogP contribution in [0.3, 0.4) is 0 Å². The van der Waals surface area contributed by atoms with Crippen molar-refractivity contribution in [3.05, 3.63) is 34.1 Å². The second kappa shape index (κ2) is 5.54. The van der Waals surface area contributed by atoms with Crippen LogP contribution in [0.1, 0.15) is 11.6 Å². The molecular weight excluding hydrogens is 258 g/mol. The Hall–Kier alpha value is -0.160. The Bertz CT molecular complexity index is 283. The summed E-state index contributed by atoms with van der Waals surface area (Å²) in [7, 11) is 0. The molecule has 0 aromatic heterocycles. The molecule has 1 aromatic carbocycles. The summed E-state index contributed by atoms with van der Waals surface area (Å²) >= 11 is 3.07. The summed E-state index contributed by atoms with van der Waals surface area (Å²) in [4.78, 5) is 0. The van der Waals surface area contributed by atoms with Gasteiger partial charge in [0.25, 0.3) is 0 Å². The first-order valence-corrected chi connectivity index (χ1v) is 4.35. The first kappa shape index (κ1) is 12.8. The highest BCUT2D eigenvalue weighted by Crippen LogP contribution is 2.19. The molecule has 1 atom stereocenters. The van der Waals surface area contributed by atoms with Crippen LogP contribution >= 0.6 is 28.3 Å². The molecule has 1 rings (SSSR count). The molecule has 0 unspecified atom stereocenters. The third-order valence-corrected chi connectivity index (χ3v) is 2.23. The van der Waals surface area contributed by atoms with E-state index < -0.39 is 0 Å². The lowest BCUT2D eigenvalue weighted by Gasteiger charge is -2.08. The maximum absolute atomic E-state index is 12.7. The number of hydrogen-bond donors (Lipinski definition) is 2. The van der Waals surface area contributed by atoms with Crippen molar-refractivity contribution >= 4 is 28.3 Å². The summed E-state index contributed by atoms with van der Waals surface area (Å²) in [5.41, 5.74) is 11.8. The van der Waals surface area contributed by atoms with Gasteiger partial charge in [0.05, 0.1) is 4.47 Å². The Morgan fingerprint density at radius 2 is 2.08 bits per heavy atom. The van der Waals surface area contributed by atoms with Gasteiger partial charge in [-0.15, -0.1) is 12.4 Å². The van der Waals surface area contributed by atoms with Gasteiger partial charge in [-0.2, -0.15) is 0 Å². The average molecular weight is 270 g/mol. The zero-order chi connectivity index (χ0) is 9.14. The largest absolute Gasteiger partial charge is 0.329 e. The van der Waals surface area contributed by atoms with Crippen molar-refractivity contribution in [2.75, 3.05) is 6.54 Å². The van der Waals surface area contributed by atoms with Gasteiger partial charge in [0.15, 0.2) is 0 Å². The lowest BCUT2D eigenvalue weighted by Crippen LogP contribution is -2.20. The molecule has 0 spiro atoms. The second-order valence-electron chi connectivity index (χ2n) is 2.52. The van der Waals surface area contributed by atoms with Crippen molar-refractivity contribution in [1.82, 2.24) is 0 Å². The van der Waals surface area contributed by atoms with E-state index in [0.29, 0.717) is 11.0 Å². The molecule has 1 aromatic rings. The van der Waals surface area contributed by atoms with Crippen LogP contribution in [0.25, 0.3) is 0 Å². The Morgan fingerprint density at radius 3 is 2.54 bits per heavy atom. The van der Waals surface area contributed by atoms with Crippen molar-refractivity contribution in [3.63, 3.8) is 0 Å². The van der Waals surface area contributed by atoms with Crippen LogP contribution in [0.4, 0.5) is 4.39 Å². The van der Waals surface area contributed by atoms with E-state index in [-0.39, 0.29) is 24.3 Å². The summed E-state index contributed by atoms with van der Waals surface area (Å²) < 4.78 is 13.2. The van der Waals surface area contributed by atoms with Crippen molar-refractivity contribution < 1.29 is 4.39 Å². The van der Waals surface area contributed by atoms with Gasteiger partial charge in [-0.25, -0.2) is 4.39 Å². The van der Waals surface area contributed by atoms with Crippen LogP contribution in [0, 0.1) is 5.82 Å². The molecule has 74 valence electrons. The Kier molecular flexibility index (Phi) is 5.48. The first-order valence-electron chi connectivity index (χ1n) is 3.55. The molecule has 13 heavy (non-hydrogen) atoms. The van der Waals surface area contributed by atoms with E-state index in [1.807, 2.05) is 0 Å². The normalized spacial score (nSPS) is 12.0. The highest BCUT2D eigenvalue weighted by molar-refractivity contribution is 9.10. The highest BCUT2D eigenvalue weighted by Gasteiger charge is 2.05. The maximum atomic E-state index is 12.7. The number of hydrogen-bond acceptors (Lipinski definition) is 2. The SMILES string of the molecule is Cl.NC[C@H](N)c1ccc(F)c(Br)c1. The van der Waals surface area contributed by atoms with Gasteiger partial charge >= 0.3 is 0 Å². The van der Waals surface area contributed by atoms with Crippen molar-refractivity contribution in [1.29, 1.82) is 0 Å². The van der Waals surface area contributed by atoms with Gasteiger partial charge in [-0.1, -0.05) is 6.07 Å².